The van der Waals surface area contributed by atoms with Crippen molar-refractivity contribution in [3.63, 3.8) is 0 Å². The van der Waals surface area contributed by atoms with Gasteiger partial charge < -0.3 is 5.11 Å². The van der Waals surface area contributed by atoms with E-state index in [4.69, 9.17) is 0 Å². The average Bonchev–Trinajstić information content (AvgIpc) is 2.67. The SMILES string of the molecule is CCC1CCCC(C(O)c2cc(Br)sc2Br)C1. The van der Waals surface area contributed by atoms with Crippen molar-refractivity contribution < 1.29 is 5.11 Å². The minimum atomic E-state index is -0.304. The van der Waals surface area contributed by atoms with Crippen LogP contribution in [-0.4, -0.2) is 5.11 Å². The van der Waals surface area contributed by atoms with Crippen molar-refractivity contribution in [3.05, 3.63) is 19.2 Å². The van der Waals surface area contributed by atoms with E-state index in [1.165, 1.54) is 25.7 Å². The highest BCUT2D eigenvalue weighted by molar-refractivity contribution is 9.12. The van der Waals surface area contributed by atoms with Crippen LogP contribution in [0.1, 0.15) is 50.7 Å². The molecule has 1 aliphatic carbocycles. The van der Waals surface area contributed by atoms with E-state index in [2.05, 4.69) is 44.8 Å². The quantitative estimate of drug-likeness (QED) is 0.730. The molecule has 0 saturated heterocycles. The van der Waals surface area contributed by atoms with Crippen LogP contribution in [-0.2, 0) is 0 Å². The van der Waals surface area contributed by atoms with Crippen LogP contribution in [0.2, 0.25) is 0 Å². The topological polar surface area (TPSA) is 20.2 Å². The van der Waals surface area contributed by atoms with E-state index in [9.17, 15) is 5.11 Å². The van der Waals surface area contributed by atoms with Crippen molar-refractivity contribution in [1.29, 1.82) is 0 Å². The molecule has 4 heteroatoms. The third-order valence-corrected chi connectivity index (χ3v) is 6.23. The first-order valence-electron chi connectivity index (χ1n) is 6.24. The lowest BCUT2D eigenvalue weighted by atomic mass is 9.76. The number of halogens is 2. The molecule has 3 atom stereocenters. The summed E-state index contributed by atoms with van der Waals surface area (Å²) in [5.74, 6) is 1.25. The molecule has 0 amide bonds. The summed E-state index contributed by atoms with van der Waals surface area (Å²) in [7, 11) is 0. The van der Waals surface area contributed by atoms with Crippen LogP contribution in [0.5, 0.6) is 0 Å². The minimum absolute atomic E-state index is 0.304. The van der Waals surface area contributed by atoms with Crippen LogP contribution in [0.25, 0.3) is 0 Å². The van der Waals surface area contributed by atoms with Gasteiger partial charge in [0.05, 0.1) is 13.7 Å². The van der Waals surface area contributed by atoms with Crippen molar-refractivity contribution in [2.45, 2.75) is 45.1 Å². The summed E-state index contributed by atoms with van der Waals surface area (Å²) in [6.45, 7) is 2.26. The minimum Gasteiger partial charge on any atom is -0.388 e. The van der Waals surface area contributed by atoms with Crippen molar-refractivity contribution in [2.24, 2.45) is 11.8 Å². The van der Waals surface area contributed by atoms with E-state index in [0.717, 1.165) is 25.5 Å². The Hall–Kier alpha value is 0.620. The molecule has 0 bridgehead atoms. The zero-order valence-corrected chi connectivity index (χ0v) is 13.9. The predicted molar refractivity (Wildman–Crippen MR) is 80.4 cm³/mol. The number of thiophene rings is 1. The standard InChI is InChI=1S/C13H18Br2OS/c1-2-8-4-3-5-9(6-8)12(16)10-7-11(14)17-13(10)15/h7-9,12,16H,2-6H2,1H3. The lowest BCUT2D eigenvalue weighted by Gasteiger charge is -2.31. The summed E-state index contributed by atoms with van der Waals surface area (Å²) in [4.78, 5) is 0. The molecule has 1 fully saturated rings. The molecule has 1 heterocycles. The molecule has 1 nitrogen and oxygen atoms in total. The number of hydrogen-bond acceptors (Lipinski definition) is 2. The summed E-state index contributed by atoms with van der Waals surface area (Å²) >= 11 is 8.66. The van der Waals surface area contributed by atoms with Crippen LogP contribution in [0.15, 0.2) is 13.6 Å². The molecule has 0 radical (unpaired) electrons. The maximum Gasteiger partial charge on any atom is 0.0837 e. The predicted octanol–water partition coefficient (Wildman–Crippen LogP) is 5.52. The zero-order chi connectivity index (χ0) is 12.4. The fraction of sp³-hybridized carbons (Fsp3) is 0.692. The fourth-order valence-electron chi connectivity index (χ4n) is 2.80. The second kappa shape index (κ2) is 6.18. The van der Waals surface area contributed by atoms with Crippen LogP contribution < -0.4 is 0 Å². The molecule has 1 aliphatic rings. The van der Waals surface area contributed by atoms with Gasteiger partial charge in [0.1, 0.15) is 0 Å². The summed E-state index contributed by atoms with van der Waals surface area (Å²) in [5.41, 5.74) is 1.06. The van der Waals surface area contributed by atoms with Crippen molar-refractivity contribution in [1.82, 2.24) is 0 Å². The number of aliphatic hydroxyl groups is 1. The Labute approximate surface area is 124 Å². The first-order chi connectivity index (χ1) is 8.11. The molecule has 2 rings (SSSR count). The van der Waals surface area contributed by atoms with Crippen LogP contribution in [0.4, 0.5) is 0 Å². The van der Waals surface area contributed by atoms with Gasteiger partial charge >= 0.3 is 0 Å². The van der Waals surface area contributed by atoms with E-state index < -0.39 is 0 Å². The first kappa shape index (κ1) is 14.0. The van der Waals surface area contributed by atoms with Gasteiger partial charge in [-0.25, -0.2) is 0 Å². The Morgan fingerprint density at radius 1 is 1.47 bits per heavy atom. The normalized spacial score (nSPS) is 27.1. The van der Waals surface area contributed by atoms with E-state index in [0.29, 0.717) is 5.92 Å². The molecule has 3 unspecified atom stereocenters. The summed E-state index contributed by atoms with van der Waals surface area (Å²) < 4.78 is 2.15. The smallest absolute Gasteiger partial charge is 0.0837 e. The molecule has 17 heavy (non-hydrogen) atoms. The van der Waals surface area contributed by atoms with Gasteiger partial charge in [0.2, 0.25) is 0 Å². The molecule has 0 aromatic carbocycles. The monoisotopic (exact) mass is 380 g/mol. The van der Waals surface area contributed by atoms with Crippen molar-refractivity contribution >= 4 is 43.2 Å². The van der Waals surface area contributed by atoms with Crippen LogP contribution >= 0.6 is 43.2 Å². The largest absolute Gasteiger partial charge is 0.388 e. The van der Waals surface area contributed by atoms with E-state index in [-0.39, 0.29) is 6.10 Å². The van der Waals surface area contributed by atoms with Crippen LogP contribution in [0.3, 0.4) is 0 Å². The van der Waals surface area contributed by atoms with E-state index >= 15 is 0 Å². The average molecular weight is 382 g/mol. The maximum atomic E-state index is 10.5. The summed E-state index contributed by atoms with van der Waals surface area (Å²) in [5, 5.41) is 10.5. The van der Waals surface area contributed by atoms with Gasteiger partial charge in [0.25, 0.3) is 0 Å². The first-order valence-corrected chi connectivity index (χ1v) is 8.64. The molecular weight excluding hydrogens is 364 g/mol. The summed E-state index contributed by atoms with van der Waals surface area (Å²) in [6.07, 6.45) is 5.89. The highest BCUT2D eigenvalue weighted by Crippen LogP contribution is 2.43. The lowest BCUT2D eigenvalue weighted by Crippen LogP contribution is -2.21. The third kappa shape index (κ3) is 3.34. The Kier molecular flexibility index (Phi) is 5.10. The number of aliphatic hydroxyl groups excluding tert-OH is 1. The zero-order valence-electron chi connectivity index (χ0n) is 9.96. The van der Waals surface area contributed by atoms with Gasteiger partial charge in [-0.05, 0) is 62.6 Å². The highest BCUT2D eigenvalue weighted by atomic mass is 79.9. The van der Waals surface area contributed by atoms with Gasteiger partial charge in [-0.3, -0.25) is 0 Å². The van der Waals surface area contributed by atoms with Crippen molar-refractivity contribution in [2.75, 3.05) is 0 Å². The lowest BCUT2D eigenvalue weighted by molar-refractivity contribution is 0.0676. The third-order valence-electron chi connectivity index (χ3n) is 3.85. The maximum absolute atomic E-state index is 10.5. The van der Waals surface area contributed by atoms with Gasteiger partial charge in [0.15, 0.2) is 0 Å². The number of rotatable bonds is 3. The second-order valence-corrected chi connectivity index (χ2v) is 8.67. The molecular formula is C13H18Br2OS. The van der Waals surface area contributed by atoms with Crippen LogP contribution in [0, 0.1) is 11.8 Å². The number of hydrogen-bond donors (Lipinski definition) is 1. The van der Waals surface area contributed by atoms with Gasteiger partial charge in [-0.15, -0.1) is 11.3 Å². The molecule has 0 aliphatic heterocycles. The molecule has 1 aromatic heterocycles. The molecule has 0 spiro atoms. The van der Waals surface area contributed by atoms with E-state index in [1.54, 1.807) is 11.3 Å². The van der Waals surface area contributed by atoms with Gasteiger partial charge in [0, 0.05) is 5.56 Å². The Morgan fingerprint density at radius 3 is 2.82 bits per heavy atom. The molecule has 96 valence electrons. The Bertz CT molecular complexity index is 377. The molecule has 1 N–H and O–H groups in total. The Balaban J connectivity index is 2.08. The van der Waals surface area contributed by atoms with Crippen molar-refractivity contribution in [3.8, 4) is 0 Å². The summed E-state index contributed by atoms with van der Waals surface area (Å²) in [6, 6.07) is 2.05. The van der Waals surface area contributed by atoms with Gasteiger partial charge in [-0.1, -0.05) is 26.2 Å². The van der Waals surface area contributed by atoms with Gasteiger partial charge in [-0.2, -0.15) is 0 Å². The molecule has 1 saturated carbocycles. The fourth-order valence-corrected chi connectivity index (χ4v) is 5.71. The Morgan fingerprint density at radius 2 is 2.24 bits per heavy atom. The van der Waals surface area contributed by atoms with E-state index in [1.807, 2.05) is 0 Å². The second-order valence-electron chi connectivity index (χ2n) is 4.93. The highest BCUT2D eigenvalue weighted by Gasteiger charge is 2.29. The molecule has 1 aromatic rings.